The van der Waals surface area contributed by atoms with Crippen LogP contribution >= 0.6 is 0 Å². The molecule has 0 aliphatic heterocycles. The monoisotopic (exact) mass is 368 g/mol. The summed E-state index contributed by atoms with van der Waals surface area (Å²) in [6.07, 6.45) is -1.72. The van der Waals surface area contributed by atoms with Crippen LogP contribution in [0.1, 0.15) is 17.2 Å². The predicted octanol–water partition coefficient (Wildman–Crippen LogP) is 3.19. The number of benzene rings is 1. The number of carbonyl (C=O) groups is 1. The van der Waals surface area contributed by atoms with E-state index in [0.717, 1.165) is 24.4 Å². The Morgan fingerprint density at radius 3 is 2.42 bits per heavy atom. The lowest BCUT2D eigenvalue weighted by Gasteiger charge is -1.96. The average molecular weight is 368 g/mol. The van der Waals surface area contributed by atoms with Gasteiger partial charge in [-0.1, -0.05) is 35.5 Å². The average Bonchev–Trinajstić information content (AvgIpc) is 3.22. The van der Waals surface area contributed by atoms with Crippen molar-refractivity contribution in [3.8, 4) is 11.6 Å². The predicted molar refractivity (Wildman–Crippen MR) is 84.2 cm³/mol. The second-order valence-corrected chi connectivity index (χ2v) is 5.19. The Balaban J connectivity index is 0.000000298. The number of hydrogen-bond acceptors (Lipinski definition) is 5. The molecule has 0 aliphatic rings. The van der Waals surface area contributed by atoms with E-state index in [-0.39, 0.29) is 0 Å². The molecule has 26 heavy (non-hydrogen) atoms. The maximum Gasteiger partial charge on any atom is 0.490 e. The van der Waals surface area contributed by atoms with Gasteiger partial charge in [0.1, 0.15) is 11.5 Å². The van der Waals surface area contributed by atoms with E-state index in [4.69, 9.17) is 14.4 Å². The molecule has 0 spiro atoms. The van der Waals surface area contributed by atoms with Gasteiger partial charge in [-0.3, -0.25) is 0 Å². The number of carboxylic acid groups (broad SMARTS) is 1. The van der Waals surface area contributed by atoms with Gasteiger partial charge in [0.05, 0.1) is 6.20 Å². The zero-order valence-corrected chi connectivity index (χ0v) is 13.6. The Morgan fingerprint density at radius 1 is 1.23 bits per heavy atom. The molecule has 0 saturated carbocycles. The summed E-state index contributed by atoms with van der Waals surface area (Å²) in [5, 5.41) is 11.1. The highest BCUT2D eigenvalue weighted by atomic mass is 19.4. The summed E-state index contributed by atoms with van der Waals surface area (Å²) >= 11 is 0. The number of imidazole rings is 1. The number of rotatable bonds is 4. The first-order chi connectivity index (χ1) is 12.3. The highest BCUT2D eigenvalue weighted by Crippen LogP contribution is 2.15. The van der Waals surface area contributed by atoms with Crippen molar-refractivity contribution in [1.82, 2.24) is 20.1 Å². The van der Waals surface area contributed by atoms with Crippen LogP contribution in [0, 0.1) is 6.92 Å². The van der Waals surface area contributed by atoms with E-state index in [9.17, 15) is 13.2 Å². The molecule has 0 radical (unpaired) electrons. The maximum atomic E-state index is 10.6. The Hall–Kier alpha value is -3.17. The van der Waals surface area contributed by atoms with E-state index in [1.54, 1.807) is 6.20 Å². The van der Waals surface area contributed by atoms with E-state index < -0.39 is 12.1 Å². The van der Waals surface area contributed by atoms with Crippen molar-refractivity contribution < 1.29 is 27.6 Å². The second kappa shape index (κ2) is 8.28. The van der Waals surface area contributed by atoms with Crippen LogP contribution < -0.4 is 0 Å². The minimum absolute atomic E-state index is 0.490. The number of H-pyrrole nitrogens is 1. The number of aromatic amines is 1. The van der Waals surface area contributed by atoms with Gasteiger partial charge in [0, 0.05) is 6.42 Å². The fraction of sp³-hybridized carbons (Fsp3) is 0.250. The lowest BCUT2D eigenvalue weighted by molar-refractivity contribution is -0.192. The number of alkyl halides is 3. The first kappa shape index (κ1) is 19.2. The molecule has 3 aromatic rings. The number of halogens is 3. The van der Waals surface area contributed by atoms with Crippen molar-refractivity contribution in [2.75, 3.05) is 0 Å². The van der Waals surface area contributed by atoms with Gasteiger partial charge in [-0.2, -0.15) is 18.2 Å². The molecule has 0 aliphatic carbocycles. The van der Waals surface area contributed by atoms with Crippen molar-refractivity contribution in [3.63, 3.8) is 0 Å². The summed E-state index contributed by atoms with van der Waals surface area (Å²) in [5.41, 5.74) is 2.03. The summed E-state index contributed by atoms with van der Waals surface area (Å²) < 4.78 is 37.0. The Morgan fingerprint density at radius 2 is 1.88 bits per heavy atom. The zero-order chi connectivity index (χ0) is 19.2. The van der Waals surface area contributed by atoms with E-state index in [1.165, 1.54) is 5.56 Å². The number of carboxylic acids is 1. The lowest BCUT2D eigenvalue weighted by Crippen LogP contribution is -2.21. The van der Waals surface area contributed by atoms with Crippen LogP contribution in [0.3, 0.4) is 0 Å². The van der Waals surface area contributed by atoms with E-state index in [0.29, 0.717) is 11.7 Å². The molecular formula is C16H15F3N4O3. The summed E-state index contributed by atoms with van der Waals surface area (Å²) in [5.74, 6) is -0.721. The number of nitrogens with zero attached hydrogens (tertiary/aromatic N) is 3. The maximum absolute atomic E-state index is 10.6. The smallest absolute Gasteiger partial charge is 0.475 e. The van der Waals surface area contributed by atoms with Gasteiger partial charge in [-0.05, 0) is 18.9 Å². The molecule has 2 heterocycles. The van der Waals surface area contributed by atoms with E-state index in [2.05, 4.69) is 32.2 Å². The third-order valence-corrected chi connectivity index (χ3v) is 3.12. The zero-order valence-electron chi connectivity index (χ0n) is 13.6. The fourth-order valence-electron chi connectivity index (χ4n) is 1.90. The third-order valence-electron chi connectivity index (χ3n) is 3.12. The van der Waals surface area contributed by atoms with Gasteiger partial charge >= 0.3 is 12.1 Å². The largest absolute Gasteiger partial charge is 0.490 e. The van der Waals surface area contributed by atoms with Gasteiger partial charge in [0.15, 0.2) is 5.82 Å². The number of aromatic nitrogens is 4. The van der Waals surface area contributed by atoms with Crippen LogP contribution in [-0.4, -0.2) is 37.4 Å². The molecule has 0 unspecified atom stereocenters. The van der Waals surface area contributed by atoms with Gasteiger partial charge in [0.25, 0.3) is 5.89 Å². The first-order valence-electron chi connectivity index (χ1n) is 7.44. The highest BCUT2D eigenvalue weighted by Gasteiger charge is 2.38. The summed E-state index contributed by atoms with van der Waals surface area (Å²) in [4.78, 5) is 20.4. The second-order valence-electron chi connectivity index (χ2n) is 5.19. The molecule has 0 saturated heterocycles. The molecule has 7 nitrogen and oxygen atoms in total. The van der Waals surface area contributed by atoms with Crippen LogP contribution in [0.15, 0.2) is 41.1 Å². The Kier molecular flexibility index (Phi) is 6.10. The molecule has 0 fully saturated rings. The molecule has 0 bridgehead atoms. The van der Waals surface area contributed by atoms with Gasteiger partial charge in [-0.25, -0.2) is 9.78 Å². The van der Waals surface area contributed by atoms with Crippen LogP contribution in [0.25, 0.3) is 11.6 Å². The highest BCUT2D eigenvalue weighted by molar-refractivity contribution is 5.73. The first-order valence-corrected chi connectivity index (χ1v) is 7.44. The van der Waals surface area contributed by atoms with Crippen molar-refractivity contribution in [2.45, 2.75) is 25.9 Å². The molecule has 10 heteroatoms. The molecule has 2 N–H and O–H groups in total. The topological polar surface area (TPSA) is 105 Å². The van der Waals surface area contributed by atoms with Crippen molar-refractivity contribution in [2.24, 2.45) is 0 Å². The van der Waals surface area contributed by atoms with Gasteiger partial charge in [0.2, 0.25) is 0 Å². The summed E-state index contributed by atoms with van der Waals surface area (Å²) in [7, 11) is 0. The SMILES string of the molecule is Cc1ncc(-c2nc(CCc3ccccc3)no2)[nH]1.O=C(O)C(F)(F)F. The Bertz CT molecular complexity index is 844. The van der Waals surface area contributed by atoms with Gasteiger partial charge < -0.3 is 14.6 Å². The molecule has 138 valence electrons. The molecule has 0 amide bonds. The molecular weight excluding hydrogens is 353 g/mol. The van der Waals surface area contributed by atoms with Gasteiger partial charge in [-0.15, -0.1) is 0 Å². The normalized spacial score (nSPS) is 10.9. The molecule has 2 aromatic heterocycles. The van der Waals surface area contributed by atoms with Crippen LogP contribution in [0.4, 0.5) is 13.2 Å². The van der Waals surface area contributed by atoms with Crippen molar-refractivity contribution in [3.05, 3.63) is 53.7 Å². The minimum atomic E-state index is -5.08. The van der Waals surface area contributed by atoms with Crippen LogP contribution in [0.5, 0.6) is 0 Å². The van der Waals surface area contributed by atoms with Crippen LogP contribution in [0.2, 0.25) is 0 Å². The third kappa shape index (κ3) is 5.72. The lowest BCUT2D eigenvalue weighted by atomic mass is 10.1. The van der Waals surface area contributed by atoms with E-state index in [1.807, 2.05) is 25.1 Å². The quantitative estimate of drug-likeness (QED) is 0.733. The fourth-order valence-corrected chi connectivity index (χ4v) is 1.90. The number of nitrogens with one attached hydrogen (secondary N) is 1. The van der Waals surface area contributed by atoms with Crippen molar-refractivity contribution in [1.29, 1.82) is 0 Å². The minimum Gasteiger partial charge on any atom is -0.475 e. The number of hydrogen-bond donors (Lipinski definition) is 2. The number of aliphatic carboxylic acids is 1. The standard InChI is InChI=1S/C14H14N4O.C2HF3O2/c1-10-15-9-12(16-10)14-17-13(18-19-14)8-7-11-5-3-2-4-6-11;3-2(4,5)1(6)7/h2-6,9H,7-8H2,1H3,(H,15,16);(H,6,7). The molecule has 1 aromatic carbocycles. The Labute approximate surface area is 145 Å². The molecule has 0 atom stereocenters. The van der Waals surface area contributed by atoms with Crippen molar-refractivity contribution >= 4 is 5.97 Å². The summed E-state index contributed by atoms with van der Waals surface area (Å²) in [6.45, 7) is 1.89. The summed E-state index contributed by atoms with van der Waals surface area (Å²) in [6, 6.07) is 10.3. The van der Waals surface area contributed by atoms with Crippen LogP contribution in [-0.2, 0) is 17.6 Å². The van der Waals surface area contributed by atoms with E-state index >= 15 is 0 Å². The number of aryl methyl sites for hydroxylation is 3. The molecule has 3 rings (SSSR count).